The fourth-order valence-corrected chi connectivity index (χ4v) is 3.30. The Morgan fingerprint density at radius 1 is 1.19 bits per heavy atom. The molecule has 1 aliphatic carbocycles. The molecule has 0 bridgehead atoms. The van der Waals surface area contributed by atoms with Crippen LogP contribution in [-0.4, -0.2) is 12.0 Å². The number of benzene rings is 2. The zero-order valence-electron chi connectivity index (χ0n) is 14.7. The number of carbonyl (C=O) groups is 1. The number of anilines is 1. The monoisotopic (exact) mass is 397 g/mol. The third kappa shape index (κ3) is 4.56. The molecular formula is C20H19ClF3NO2. The van der Waals surface area contributed by atoms with Crippen molar-refractivity contribution in [3.8, 4) is 5.75 Å². The standard InChI is InChI=1S/C20H19ClF3NO2/c1-12(27-18-8-4-6-13-5-2-3-7-15(13)18)19(26)25-17-11-14(20(22,23)24)9-10-16(17)21/h4,6,8-12H,2-3,5,7H2,1H3,(H,25,26). The number of aryl methyl sites for hydroxylation is 1. The van der Waals surface area contributed by atoms with E-state index < -0.39 is 23.8 Å². The summed E-state index contributed by atoms with van der Waals surface area (Å²) in [5.74, 6) is 0.0784. The van der Waals surface area contributed by atoms with E-state index in [4.69, 9.17) is 16.3 Å². The van der Waals surface area contributed by atoms with Crippen molar-refractivity contribution in [2.75, 3.05) is 5.32 Å². The quantitative estimate of drug-likeness (QED) is 0.724. The van der Waals surface area contributed by atoms with Crippen molar-refractivity contribution in [1.82, 2.24) is 0 Å². The van der Waals surface area contributed by atoms with E-state index in [2.05, 4.69) is 11.4 Å². The third-order valence-corrected chi connectivity index (χ3v) is 4.91. The molecule has 1 atom stereocenters. The van der Waals surface area contributed by atoms with Gasteiger partial charge in [-0.05, 0) is 68.0 Å². The van der Waals surface area contributed by atoms with Crippen molar-refractivity contribution in [3.05, 3.63) is 58.1 Å². The summed E-state index contributed by atoms with van der Waals surface area (Å²) in [5, 5.41) is 2.46. The molecule has 0 saturated carbocycles. The molecule has 7 heteroatoms. The Morgan fingerprint density at radius 3 is 2.67 bits per heavy atom. The van der Waals surface area contributed by atoms with E-state index in [1.165, 1.54) is 5.56 Å². The van der Waals surface area contributed by atoms with Crippen molar-refractivity contribution >= 4 is 23.2 Å². The van der Waals surface area contributed by atoms with Crippen LogP contribution in [0.5, 0.6) is 5.75 Å². The Hall–Kier alpha value is -2.21. The molecule has 0 saturated heterocycles. The molecule has 0 aromatic heterocycles. The third-order valence-electron chi connectivity index (χ3n) is 4.58. The van der Waals surface area contributed by atoms with E-state index in [-0.39, 0.29) is 10.7 Å². The van der Waals surface area contributed by atoms with Crippen molar-refractivity contribution in [2.45, 2.75) is 44.9 Å². The molecule has 1 amide bonds. The molecular weight excluding hydrogens is 379 g/mol. The summed E-state index contributed by atoms with van der Waals surface area (Å²) in [7, 11) is 0. The number of halogens is 4. The van der Waals surface area contributed by atoms with Crippen molar-refractivity contribution in [2.24, 2.45) is 0 Å². The summed E-state index contributed by atoms with van der Waals surface area (Å²) in [5.41, 5.74) is 1.34. The molecule has 3 rings (SSSR count). The van der Waals surface area contributed by atoms with Gasteiger partial charge in [0.1, 0.15) is 5.75 Å². The number of fused-ring (bicyclic) bond motifs is 1. The summed E-state index contributed by atoms with van der Waals surface area (Å²) < 4.78 is 44.4. The molecule has 0 aliphatic heterocycles. The highest BCUT2D eigenvalue weighted by molar-refractivity contribution is 6.33. The van der Waals surface area contributed by atoms with Crippen LogP contribution in [0.2, 0.25) is 5.02 Å². The van der Waals surface area contributed by atoms with Gasteiger partial charge in [-0.1, -0.05) is 23.7 Å². The smallest absolute Gasteiger partial charge is 0.416 e. The largest absolute Gasteiger partial charge is 0.481 e. The highest BCUT2D eigenvalue weighted by atomic mass is 35.5. The van der Waals surface area contributed by atoms with E-state index in [1.807, 2.05) is 12.1 Å². The van der Waals surface area contributed by atoms with Gasteiger partial charge in [-0.15, -0.1) is 0 Å². The Kier molecular flexibility index (Phi) is 5.65. The average Bonchev–Trinajstić information content (AvgIpc) is 2.62. The fourth-order valence-electron chi connectivity index (χ4n) is 3.13. The number of amides is 1. The molecule has 0 heterocycles. The van der Waals surface area contributed by atoms with E-state index in [0.717, 1.165) is 49.4 Å². The second-order valence-electron chi connectivity index (χ2n) is 6.54. The topological polar surface area (TPSA) is 38.3 Å². The number of nitrogens with one attached hydrogen (secondary N) is 1. The van der Waals surface area contributed by atoms with E-state index in [0.29, 0.717) is 5.75 Å². The first-order chi connectivity index (χ1) is 12.8. The van der Waals surface area contributed by atoms with Crippen LogP contribution in [0.4, 0.5) is 18.9 Å². The second-order valence-corrected chi connectivity index (χ2v) is 6.95. The number of rotatable bonds is 4. The minimum absolute atomic E-state index is 0.0284. The molecule has 3 nitrogen and oxygen atoms in total. The summed E-state index contributed by atoms with van der Waals surface area (Å²) in [6.07, 6.45) is -1.35. The maximum Gasteiger partial charge on any atom is 0.416 e. The zero-order chi connectivity index (χ0) is 19.6. The second kappa shape index (κ2) is 7.80. The highest BCUT2D eigenvalue weighted by Gasteiger charge is 2.31. The minimum atomic E-state index is -4.52. The van der Waals surface area contributed by atoms with Crippen LogP contribution in [0.25, 0.3) is 0 Å². The van der Waals surface area contributed by atoms with Gasteiger partial charge in [-0.2, -0.15) is 13.2 Å². The van der Waals surface area contributed by atoms with Crippen LogP contribution < -0.4 is 10.1 Å². The van der Waals surface area contributed by atoms with Gasteiger partial charge in [0.05, 0.1) is 16.3 Å². The summed E-state index contributed by atoms with van der Waals surface area (Å²) in [6.45, 7) is 1.55. The van der Waals surface area contributed by atoms with Gasteiger partial charge in [0.2, 0.25) is 0 Å². The Labute approximate surface area is 160 Å². The van der Waals surface area contributed by atoms with Gasteiger partial charge in [-0.25, -0.2) is 0 Å². The van der Waals surface area contributed by atoms with Crippen molar-refractivity contribution in [3.63, 3.8) is 0 Å². The lowest BCUT2D eigenvalue weighted by atomic mass is 9.91. The molecule has 27 heavy (non-hydrogen) atoms. The van der Waals surface area contributed by atoms with Crippen molar-refractivity contribution < 1.29 is 22.7 Å². The first-order valence-corrected chi connectivity index (χ1v) is 9.08. The van der Waals surface area contributed by atoms with E-state index >= 15 is 0 Å². The average molecular weight is 398 g/mol. The fraction of sp³-hybridized carbons (Fsp3) is 0.350. The number of ether oxygens (including phenoxy) is 1. The lowest BCUT2D eigenvalue weighted by Gasteiger charge is -2.22. The van der Waals surface area contributed by atoms with Gasteiger partial charge in [0.25, 0.3) is 5.91 Å². The molecule has 0 fully saturated rings. The van der Waals surface area contributed by atoms with Crippen LogP contribution in [0, 0.1) is 0 Å². The van der Waals surface area contributed by atoms with Gasteiger partial charge in [0, 0.05) is 0 Å². The highest BCUT2D eigenvalue weighted by Crippen LogP contribution is 2.34. The lowest BCUT2D eigenvalue weighted by Crippen LogP contribution is -2.30. The minimum Gasteiger partial charge on any atom is -0.481 e. The lowest BCUT2D eigenvalue weighted by molar-refractivity contribution is -0.137. The zero-order valence-corrected chi connectivity index (χ0v) is 15.5. The van der Waals surface area contributed by atoms with Crippen LogP contribution in [0.3, 0.4) is 0 Å². The number of hydrogen-bond acceptors (Lipinski definition) is 2. The van der Waals surface area contributed by atoms with Gasteiger partial charge >= 0.3 is 6.18 Å². The predicted molar refractivity (Wildman–Crippen MR) is 98.3 cm³/mol. The van der Waals surface area contributed by atoms with Crippen molar-refractivity contribution in [1.29, 1.82) is 0 Å². The van der Waals surface area contributed by atoms with Gasteiger partial charge in [-0.3, -0.25) is 4.79 Å². The summed E-state index contributed by atoms with van der Waals surface area (Å²) >= 11 is 5.93. The first kappa shape index (κ1) is 19.5. The SMILES string of the molecule is CC(Oc1cccc2c1CCCC2)C(=O)Nc1cc(C(F)(F)F)ccc1Cl. The number of hydrogen-bond donors (Lipinski definition) is 1. The van der Waals surface area contributed by atoms with Crippen LogP contribution >= 0.6 is 11.6 Å². The molecule has 0 radical (unpaired) electrons. The Balaban J connectivity index is 1.74. The summed E-state index contributed by atoms with van der Waals surface area (Å²) in [6, 6.07) is 8.54. The Morgan fingerprint density at radius 2 is 1.93 bits per heavy atom. The molecule has 2 aromatic rings. The normalized spacial score (nSPS) is 15.0. The number of alkyl halides is 3. The summed E-state index contributed by atoms with van der Waals surface area (Å²) in [4.78, 5) is 12.4. The molecule has 1 aliphatic rings. The van der Waals surface area contributed by atoms with E-state index in [9.17, 15) is 18.0 Å². The first-order valence-electron chi connectivity index (χ1n) is 8.71. The molecule has 2 aromatic carbocycles. The maximum atomic E-state index is 12.9. The van der Waals surface area contributed by atoms with Gasteiger partial charge < -0.3 is 10.1 Å². The predicted octanol–water partition coefficient (Wildman–Crippen LogP) is 5.64. The molecule has 1 unspecified atom stereocenters. The molecule has 1 N–H and O–H groups in total. The van der Waals surface area contributed by atoms with Crippen LogP contribution in [0.1, 0.15) is 36.5 Å². The van der Waals surface area contributed by atoms with Crippen LogP contribution in [-0.2, 0) is 23.8 Å². The molecule has 0 spiro atoms. The van der Waals surface area contributed by atoms with E-state index in [1.54, 1.807) is 6.92 Å². The maximum absolute atomic E-state index is 12.9. The molecule has 144 valence electrons. The number of carbonyl (C=O) groups excluding carboxylic acids is 1. The Bertz CT molecular complexity index is 852. The van der Waals surface area contributed by atoms with Gasteiger partial charge in [0.15, 0.2) is 6.10 Å². The van der Waals surface area contributed by atoms with Crippen LogP contribution in [0.15, 0.2) is 36.4 Å².